The van der Waals surface area contributed by atoms with Crippen LogP contribution in [0.15, 0.2) is 18.2 Å². The minimum Gasteiger partial charge on any atom is -0.397 e. The summed E-state index contributed by atoms with van der Waals surface area (Å²) in [5, 5.41) is 2.66. The fourth-order valence-corrected chi connectivity index (χ4v) is 1.45. The van der Waals surface area contributed by atoms with E-state index in [-0.39, 0.29) is 5.69 Å². The lowest BCUT2D eigenvalue weighted by molar-refractivity contribution is -0.0500. The number of benzene rings is 1. The number of anilines is 2. The molecule has 0 spiro atoms. The van der Waals surface area contributed by atoms with Gasteiger partial charge in [-0.2, -0.15) is 21.6 Å². The second-order valence-electron chi connectivity index (χ2n) is 2.98. The lowest BCUT2D eigenvalue weighted by Gasteiger charge is -2.11. The van der Waals surface area contributed by atoms with Gasteiger partial charge in [-0.25, -0.2) is 0 Å². The molecule has 0 bridgehead atoms. The lowest BCUT2D eigenvalue weighted by atomic mass is 10.2. The quantitative estimate of drug-likeness (QED) is 0.494. The molecule has 0 radical (unpaired) electrons. The van der Waals surface area contributed by atoms with Crippen LogP contribution in [0.5, 0.6) is 5.75 Å². The van der Waals surface area contributed by atoms with Crippen molar-refractivity contribution in [3.63, 3.8) is 0 Å². The van der Waals surface area contributed by atoms with Crippen molar-refractivity contribution in [1.82, 2.24) is 0 Å². The third kappa shape index (κ3) is 2.93. The minimum atomic E-state index is -5.66. The Kier molecular flexibility index (Phi) is 3.41. The van der Waals surface area contributed by atoms with Gasteiger partial charge in [-0.05, 0) is 12.1 Å². The van der Waals surface area contributed by atoms with Crippen LogP contribution in [-0.4, -0.2) is 21.0 Å². The summed E-state index contributed by atoms with van der Waals surface area (Å²) in [6.07, 6.45) is 0. The molecule has 1 aromatic rings. The third-order valence-electron chi connectivity index (χ3n) is 1.78. The summed E-state index contributed by atoms with van der Waals surface area (Å²) in [5.74, 6) is -0.501. The number of nitrogen functional groups attached to an aromatic ring is 1. The maximum Gasteiger partial charge on any atom is 0.534 e. The van der Waals surface area contributed by atoms with Crippen LogP contribution in [0, 0.1) is 0 Å². The van der Waals surface area contributed by atoms with E-state index < -0.39 is 21.4 Å². The third-order valence-corrected chi connectivity index (χ3v) is 2.76. The zero-order valence-corrected chi connectivity index (χ0v) is 9.39. The van der Waals surface area contributed by atoms with Crippen LogP contribution in [-0.2, 0) is 10.1 Å². The highest BCUT2D eigenvalue weighted by Crippen LogP contribution is 2.29. The van der Waals surface area contributed by atoms with E-state index in [9.17, 15) is 21.6 Å². The van der Waals surface area contributed by atoms with Crippen LogP contribution in [0.2, 0.25) is 0 Å². The van der Waals surface area contributed by atoms with Crippen LogP contribution in [0.3, 0.4) is 0 Å². The minimum absolute atomic E-state index is 0.0716. The standard InChI is InChI=1S/C8H9F3N2O3S/c1-13-7-3-2-5(4-6(7)12)16-17(14,15)8(9,10)11/h2-4,13H,12H2,1H3. The molecule has 0 saturated heterocycles. The Balaban J connectivity index is 3.02. The van der Waals surface area contributed by atoms with E-state index in [4.69, 9.17) is 5.73 Å². The molecule has 0 unspecified atom stereocenters. The van der Waals surface area contributed by atoms with Gasteiger partial charge in [0.2, 0.25) is 0 Å². The number of nitrogens with one attached hydrogen (secondary N) is 1. The Morgan fingerprint density at radius 3 is 2.35 bits per heavy atom. The van der Waals surface area contributed by atoms with E-state index in [2.05, 4.69) is 9.50 Å². The average molecular weight is 270 g/mol. The van der Waals surface area contributed by atoms with Gasteiger partial charge in [-0.3, -0.25) is 0 Å². The number of hydrogen-bond donors (Lipinski definition) is 2. The first kappa shape index (κ1) is 13.4. The number of hydrogen-bond acceptors (Lipinski definition) is 5. The molecule has 17 heavy (non-hydrogen) atoms. The molecule has 9 heteroatoms. The van der Waals surface area contributed by atoms with Crippen molar-refractivity contribution in [2.75, 3.05) is 18.1 Å². The second-order valence-corrected chi connectivity index (χ2v) is 4.52. The predicted octanol–water partition coefficient (Wildman–Crippen LogP) is 1.54. The Bertz CT molecular complexity index is 513. The van der Waals surface area contributed by atoms with Crippen molar-refractivity contribution < 1.29 is 25.8 Å². The van der Waals surface area contributed by atoms with Gasteiger partial charge in [0.1, 0.15) is 5.75 Å². The van der Waals surface area contributed by atoms with E-state index in [1.54, 1.807) is 7.05 Å². The molecule has 0 atom stereocenters. The van der Waals surface area contributed by atoms with E-state index in [1.807, 2.05) is 0 Å². The molecule has 0 heterocycles. The number of alkyl halides is 3. The first-order valence-corrected chi connectivity index (χ1v) is 5.66. The maximum atomic E-state index is 12.0. The van der Waals surface area contributed by atoms with Gasteiger partial charge in [-0.15, -0.1) is 0 Å². The molecular weight excluding hydrogens is 261 g/mol. The van der Waals surface area contributed by atoms with E-state index in [0.717, 1.165) is 12.1 Å². The van der Waals surface area contributed by atoms with Crippen molar-refractivity contribution in [1.29, 1.82) is 0 Å². The Morgan fingerprint density at radius 2 is 1.94 bits per heavy atom. The highest BCUT2D eigenvalue weighted by Gasteiger charge is 2.48. The Morgan fingerprint density at radius 1 is 1.35 bits per heavy atom. The predicted molar refractivity (Wildman–Crippen MR) is 56.0 cm³/mol. The van der Waals surface area contributed by atoms with Crippen molar-refractivity contribution in [2.45, 2.75) is 5.51 Å². The topological polar surface area (TPSA) is 81.4 Å². The van der Waals surface area contributed by atoms with E-state index in [0.29, 0.717) is 5.69 Å². The molecule has 0 aliphatic carbocycles. The molecule has 0 aromatic heterocycles. The first-order chi connectivity index (χ1) is 7.67. The van der Waals surface area contributed by atoms with Crippen molar-refractivity contribution in [2.24, 2.45) is 0 Å². The summed E-state index contributed by atoms with van der Waals surface area (Å²) in [6.45, 7) is 0. The van der Waals surface area contributed by atoms with Gasteiger partial charge in [0.05, 0.1) is 11.4 Å². The first-order valence-electron chi connectivity index (χ1n) is 4.25. The number of rotatable bonds is 3. The highest BCUT2D eigenvalue weighted by atomic mass is 32.2. The molecule has 3 N–H and O–H groups in total. The molecule has 0 aliphatic heterocycles. The Labute approximate surface area is 95.5 Å². The van der Waals surface area contributed by atoms with Crippen molar-refractivity contribution in [3.8, 4) is 5.75 Å². The maximum absolute atomic E-state index is 12.0. The van der Waals surface area contributed by atoms with Gasteiger partial charge in [0, 0.05) is 13.1 Å². The molecule has 1 rings (SSSR count). The van der Waals surface area contributed by atoms with Gasteiger partial charge in [-0.1, -0.05) is 0 Å². The molecule has 96 valence electrons. The lowest BCUT2D eigenvalue weighted by Crippen LogP contribution is -2.28. The second kappa shape index (κ2) is 4.32. The fourth-order valence-electron chi connectivity index (χ4n) is 0.994. The SMILES string of the molecule is CNc1ccc(OS(=O)(=O)C(F)(F)F)cc1N. The summed E-state index contributed by atoms with van der Waals surface area (Å²) in [5.41, 5.74) is 0.490. The highest BCUT2D eigenvalue weighted by molar-refractivity contribution is 7.88. The van der Waals surface area contributed by atoms with Crippen LogP contribution >= 0.6 is 0 Å². The van der Waals surface area contributed by atoms with Gasteiger partial charge < -0.3 is 15.2 Å². The molecular formula is C8H9F3N2O3S. The van der Waals surface area contributed by atoms with Crippen LogP contribution < -0.4 is 15.2 Å². The largest absolute Gasteiger partial charge is 0.534 e. The van der Waals surface area contributed by atoms with Crippen LogP contribution in [0.25, 0.3) is 0 Å². The summed E-state index contributed by atoms with van der Waals surface area (Å²) in [4.78, 5) is 0. The number of nitrogens with two attached hydrogens (primary N) is 1. The monoisotopic (exact) mass is 270 g/mol. The molecule has 0 fully saturated rings. The van der Waals surface area contributed by atoms with Crippen LogP contribution in [0.4, 0.5) is 24.5 Å². The molecule has 0 aliphatic rings. The zero-order chi connectivity index (χ0) is 13.3. The van der Waals surface area contributed by atoms with Gasteiger partial charge in [0.15, 0.2) is 0 Å². The molecule has 5 nitrogen and oxygen atoms in total. The van der Waals surface area contributed by atoms with E-state index in [1.165, 1.54) is 6.07 Å². The molecule has 0 saturated carbocycles. The number of halogens is 3. The molecule has 0 amide bonds. The normalized spacial score (nSPS) is 12.2. The zero-order valence-electron chi connectivity index (χ0n) is 8.58. The smallest absolute Gasteiger partial charge is 0.397 e. The van der Waals surface area contributed by atoms with Gasteiger partial charge in [0.25, 0.3) is 0 Å². The summed E-state index contributed by atoms with van der Waals surface area (Å²) in [6, 6.07) is 3.34. The summed E-state index contributed by atoms with van der Waals surface area (Å²) < 4.78 is 61.3. The molecule has 1 aromatic carbocycles. The van der Waals surface area contributed by atoms with Crippen molar-refractivity contribution >= 4 is 21.5 Å². The average Bonchev–Trinajstić information content (AvgIpc) is 2.15. The summed E-state index contributed by atoms with van der Waals surface area (Å²) >= 11 is 0. The van der Waals surface area contributed by atoms with Crippen LogP contribution in [0.1, 0.15) is 0 Å². The van der Waals surface area contributed by atoms with E-state index >= 15 is 0 Å². The Hall–Kier alpha value is -1.64. The van der Waals surface area contributed by atoms with Crippen molar-refractivity contribution in [3.05, 3.63) is 18.2 Å². The fraction of sp³-hybridized carbons (Fsp3) is 0.250. The van der Waals surface area contributed by atoms with Gasteiger partial charge >= 0.3 is 15.6 Å². The summed E-state index contributed by atoms with van der Waals surface area (Å²) in [7, 11) is -4.11.